The Balaban J connectivity index is 1.42. The van der Waals surface area contributed by atoms with E-state index >= 15 is 0 Å². The van der Waals surface area contributed by atoms with Crippen LogP contribution in [0.2, 0.25) is 0 Å². The van der Waals surface area contributed by atoms with Crippen molar-refractivity contribution in [1.29, 1.82) is 0 Å². The van der Waals surface area contributed by atoms with Crippen LogP contribution >= 0.6 is 11.8 Å². The van der Waals surface area contributed by atoms with E-state index in [9.17, 15) is 4.79 Å². The van der Waals surface area contributed by atoms with Gasteiger partial charge in [0.25, 0.3) is 0 Å². The van der Waals surface area contributed by atoms with Crippen LogP contribution in [0.3, 0.4) is 0 Å². The number of amides is 1. The Hall–Kier alpha value is -3.19. The number of hydrogen-bond acceptors (Lipinski definition) is 5. The first kappa shape index (κ1) is 18.8. The van der Waals surface area contributed by atoms with Gasteiger partial charge < -0.3 is 14.8 Å². The molecule has 0 saturated carbocycles. The number of aromatic nitrogens is 2. The molecular weight excluding hydrogens is 398 g/mol. The second kappa shape index (κ2) is 7.57. The SMILES string of the molecule is Cc1cc(C)cc(-n2nc3c(c2NC(=O)/C=C\c2ccc4c(c2)OCO4)CSC3)c1. The second-order valence-corrected chi connectivity index (χ2v) is 8.45. The summed E-state index contributed by atoms with van der Waals surface area (Å²) in [6.45, 7) is 4.36. The van der Waals surface area contributed by atoms with Gasteiger partial charge in [-0.2, -0.15) is 16.9 Å². The zero-order chi connectivity index (χ0) is 20.7. The Labute approximate surface area is 178 Å². The predicted molar refractivity (Wildman–Crippen MR) is 118 cm³/mol. The molecule has 0 unspecified atom stereocenters. The molecule has 0 aliphatic carbocycles. The molecule has 0 radical (unpaired) electrons. The van der Waals surface area contributed by atoms with Crippen LogP contribution in [0.5, 0.6) is 11.5 Å². The number of hydrogen-bond donors (Lipinski definition) is 1. The molecule has 5 rings (SSSR count). The molecule has 0 atom stereocenters. The zero-order valence-corrected chi connectivity index (χ0v) is 17.6. The van der Waals surface area contributed by atoms with Gasteiger partial charge in [-0.15, -0.1) is 0 Å². The number of carbonyl (C=O) groups is 1. The van der Waals surface area contributed by atoms with Crippen molar-refractivity contribution in [3.63, 3.8) is 0 Å². The minimum Gasteiger partial charge on any atom is -0.454 e. The number of ether oxygens (including phenoxy) is 2. The van der Waals surface area contributed by atoms with Crippen LogP contribution in [0.4, 0.5) is 5.82 Å². The summed E-state index contributed by atoms with van der Waals surface area (Å²) in [5, 5.41) is 7.84. The summed E-state index contributed by atoms with van der Waals surface area (Å²) in [6.07, 6.45) is 3.30. The van der Waals surface area contributed by atoms with E-state index in [-0.39, 0.29) is 12.7 Å². The van der Waals surface area contributed by atoms with E-state index < -0.39 is 0 Å². The highest BCUT2D eigenvalue weighted by atomic mass is 32.2. The van der Waals surface area contributed by atoms with Crippen molar-refractivity contribution in [2.75, 3.05) is 12.1 Å². The maximum Gasteiger partial charge on any atom is 0.249 e. The molecule has 1 N–H and O–H groups in total. The Kier molecular flexibility index (Phi) is 4.75. The lowest BCUT2D eigenvalue weighted by Gasteiger charge is -2.11. The van der Waals surface area contributed by atoms with Gasteiger partial charge in [-0.1, -0.05) is 12.1 Å². The zero-order valence-electron chi connectivity index (χ0n) is 16.8. The third kappa shape index (κ3) is 3.57. The molecule has 3 aromatic rings. The van der Waals surface area contributed by atoms with Crippen LogP contribution in [0, 0.1) is 13.8 Å². The van der Waals surface area contributed by atoms with Crippen molar-refractivity contribution >= 4 is 29.6 Å². The van der Waals surface area contributed by atoms with E-state index in [0.717, 1.165) is 56.7 Å². The summed E-state index contributed by atoms with van der Waals surface area (Å²) in [5.41, 5.74) is 6.29. The largest absolute Gasteiger partial charge is 0.454 e. The third-order valence-corrected chi connectivity index (χ3v) is 6.04. The van der Waals surface area contributed by atoms with Crippen LogP contribution in [-0.4, -0.2) is 22.5 Å². The van der Waals surface area contributed by atoms with Crippen molar-refractivity contribution in [1.82, 2.24) is 9.78 Å². The first-order valence-corrected chi connectivity index (χ1v) is 10.9. The molecule has 152 valence electrons. The van der Waals surface area contributed by atoms with Gasteiger partial charge in [-0.3, -0.25) is 4.79 Å². The van der Waals surface area contributed by atoms with Crippen molar-refractivity contribution < 1.29 is 14.3 Å². The molecular formula is C23H21N3O3S. The molecule has 2 aliphatic rings. The maximum absolute atomic E-state index is 12.7. The van der Waals surface area contributed by atoms with Gasteiger partial charge in [-0.05, 0) is 60.9 Å². The lowest BCUT2D eigenvalue weighted by atomic mass is 10.1. The molecule has 1 amide bonds. The van der Waals surface area contributed by atoms with Crippen molar-refractivity contribution in [2.24, 2.45) is 0 Å². The first-order chi connectivity index (χ1) is 14.6. The van der Waals surface area contributed by atoms with Crippen LogP contribution in [-0.2, 0) is 16.3 Å². The van der Waals surface area contributed by atoms with Crippen LogP contribution in [0.25, 0.3) is 11.8 Å². The Morgan fingerprint density at radius 2 is 1.90 bits per heavy atom. The standard InChI is InChI=1S/C23H21N3O3S/c1-14-7-15(2)9-17(8-14)26-23(18-11-30-12-19(18)25-26)24-22(27)6-4-16-3-5-20-21(10-16)29-13-28-20/h3-10H,11-13H2,1-2H3,(H,24,27)/b6-4-. The van der Waals surface area contributed by atoms with E-state index in [4.69, 9.17) is 14.6 Å². The number of nitrogens with one attached hydrogen (secondary N) is 1. The third-order valence-electron chi connectivity index (χ3n) is 5.07. The van der Waals surface area contributed by atoms with Crippen molar-refractivity contribution in [3.05, 3.63) is 70.4 Å². The summed E-state index contributed by atoms with van der Waals surface area (Å²) in [7, 11) is 0. The summed E-state index contributed by atoms with van der Waals surface area (Å²) in [6, 6.07) is 11.9. The van der Waals surface area contributed by atoms with Crippen molar-refractivity contribution in [3.8, 4) is 17.2 Å². The molecule has 1 aromatic heterocycles. The highest BCUT2D eigenvalue weighted by molar-refractivity contribution is 7.98. The lowest BCUT2D eigenvalue weighted by Crippen LogP contribution is -2.13. The fourth-order valence-corrected chi connectivity index (χ4v) is 4.78. The topological polar surface area (TPSA) is 65.4 Å². The monoisotopic (exact) mass is 419 g/mol. The fourth-order valence-electron chi connectivity index (χ4n) is 3.75. The number of aryl methyl sites for hydroxylation is 2. The van der Waals surface area contributed by atoms with E-state index in [0.29, 0.717) is 5.75 Å². The Morgan fingerprint density at radius 1 is 1.10 bits per heavy atom. The Bertz CT molecular complexity index is 1160. The lowest BCUT2D eigenvalue weighted by molar-refractivity contribution is -0.111. The minimum atomic E-state index is -0.196. The molecule has 6 nitrogen and oxygen atoms in total. The van der Waals surface area contributed by atoms with Gasteiger partial charge in [0.2, 0.25) is 12.7 Å². The quantitative estimate of drug-likeness (QED) is 0.626. The van der Waals surface area contributed by atoms with E-state index in [1.165, 1.54) is 6.08 Å². The van der Waals surface area contributed by atoms with Gasteiger partial charge in [0.05, 0.1) is 11.4 Å². The maximum atomic E-state index is 12.7. The minimum absolute atomic E-state index is 0.196. The molecule has 2 aliphatic heterocycles. The fraction of sp³-hybridized carbons (Fsp3) is 0.217. The molecule has 3 heterocycles. The second-order valence-electron chi connectivity index (χ2n) is 7.46. The number of fused-ring (bicyclic) bond motifs is 2. The Morgan fingerprint density at radius 3 is 2.73 bits per heavy atom. The molecule has 2 aromatic carbocycles. The average Bonchev–Trinajstić information content (AvgIpc) is 3.42. The molecule has 0 fully saturated rings. The number of anilines is 1. The number of thioether (sulfide) groups is 1. The average molecular weight is 420 g/mol. The number of nitrogens with zero attached hydrogens (tertiary/aromatic N) is 2. The van der Waals surface area contributed by atoms with Gasteiger partial charge in [0.15, 0.2) is 11.5 Å². The summed E-state index contributed by atoms with van der Waals surface area (Å²) in [4.78, 5) is 12.7. The van der Waals surface area contributed by atoms with Crippen LogP contribution in [0.1, 0.15) is 27.9 Å². The van der Waals surface area contributed by atoms with Crippen LogP contribution in [0.15, 0.2) is 42.5 Å². The molecule has 30 heavy (non-hydrogen) atoms. The molecule has 0 spiro atoms. The van der Waals surface area contributed by atoms with Crippen molar-refractivity contribution in [2.45, 2.75) is 25.4 Å². The molecule has 7 heteroatoms. The van der Waals surface area contributed by atoms with Gasteiger partial charge in [0.1, 0.15) is 5.82 Å². The number of benzene rings is 2. The molecule has 0 bridgehead atoms. The van der Waals surface area contributed by atoms with E-state index in [1.807, 2.05) is 34.6 Å². The highest BCUT2D eigenvalue weighted by Crippen LogP contribution is 2.36. The predicted octanol–water partition coefficient (Wildman–Crippen LogP) is 4.62. The summed E-state index contributed by atoms with van der Waals surface area (Å²) in [5.74, 6) is 3.69. The van der Waals surface area contributed by atoms with Gasteiger partial charge in [0, 0.05) is 23.1 Å². The van der Waals surface area contributed by atoms with Gasteiger partial charge >= 0.3 is 0 Å². The highest BCUT2D eigenvalue weighted by Gasteiger charge is 2.24. The van der Waals surface area contributed by atoms with Gasteiger partial charge in [-0.25, -0.2) is 4.68 Å². The number of carbonyl (C=O) groups excluding carboxylic acids is 1. The normalized spacial score (nSPS) is 14.3. The molecule has 0 saturated heterocycles. The summed E-state index contributed by atoms with van der Waals surface area (Å²) >= 11 is 1.81. The first-order valence-electron chi connectivity index (χ1n) is 9.73. The summed E-state index contributed by atoms with van der Waals surface area (Å²) < 4.78 is 12.6. The number of rotatable bonds is 4. The van der Waals surface area contributed by atoms with E-state index in [1.54, 1.807) is 6.08 Å². The van der Waals surface area contributed by atoms with Crippen LogP contribution < -0.4 is 14.8 Å². The van der Waals surface area contributed by atoms with E-state index in [2.05, 4.69) is 37.4 Å². The smallest absolute Gasteiger partial charge is 0.249 e.